The van der Waals surface area contributed by atoms with Gasteiger partial charge in [-0.2, -0.15) is 0 Å². The van der Waals surface area contributed by atoms with Crippen LogP contribution in [0.15, 0.2) is 97.1 Å². The Morgan fingerprint density at radius 1 is 0.667 bits per heavy atom. The summed E-state index contributed by atoms with van der Waals surface area (Å²) in [6.45, 7) is 12.2. The maximum absolute atomic E-state index is 14.3. The number of likely N-dealkylation sites (tertiary alicyclic amines) is 2. The number of nitrogens with zero attached hydrogens (tertiary/aromatic N) is 2. The number of phenolic OH excluding ortho intramolecular Hbond substituents is 1. The summed E-state index contributed by atoms with van der Waals surface area (Å²) in [4.78, 5) is 100. The van der Waals surface area contributed by atoms with Crippen molar-refractivity contribution in [2.24, 2.45) is 11.7 Å². The highest BCUT2D eigenvalue weighted by molar-refractivity contribution is 5.99. The van der Waals surface area contributed by atoms with Gasteiger partial charge in [-0.1, -0.05) is 108 Å². The van der Waals surface area contributed by atoms with Crippen LogP contribution in [0.25, 0.3) is 22.3 Å². The third-order valence-corrected chi connectivity index (χ3v) is 14.9. The van der Waals surface area contributed by atoms with Crippen molar-refractivity contribution in [3.05, 3.63) is 108 Å². The molecular formula is C62H85N9O10. The van der Waals surface area contributed by atoms with Crippen LogP contribution in [0, 0.1) is 5.92 Å². The van der Waals surface area contributed by atoms with E-state index >= 15 is 0 Å². The molecule has 7 amide bonds. The van der Waals surface area contributed by atoms with Gasteiger partial charge in [0.15, 0.2) is 0 Å². The molecule has 2 aliphatic rings. The molecule has 0 saturated carbocycles. The molecule has 438 valence electrons. The summed E-state index contributed by atoms with van der Waals surface area (Å²) in [5.41, 5.74) is 10.7. The number of nitrogens with one attached hydrogen (secondary N) is 6. The molecule has 0 aromatic heterocycles. The first-order chi connectivity index (χ1) is 39.2. The van der Waals surface area contributed by atoms with Crippen LogP contribution in [0.3, 0.4) is 0 Å². The molecule has 9 N–H and O–H groups in total. The molecular weight excluding hydrogens is 1030 g/mol. The normalized spacial score (nSPS) is 17.3. The SMILES string of the molecule is CCCCCOc1ccc(-c2ccc(-c3ccc(C(=O)NCC(=O)NC(CC)C(=O)N4CCCC4C(=O)NC(CCc4ccc(O)cc4)C(=O)NC(CC)C(=O)N4C[C@H](C)CC4C(=O)NC(CC)NCCOCCN)cc3)cc2)cc1. The quantitative estimate of drug-likeness (QED) is 0.0227. The lowest BCUT2D eigenvalue weighted by Gasteiger charge is -2.31. The second-order valence-corrected chi connectivity index (χ2v) is 21.0. The number of hydrogen-bond donors (Lipinski definition) is 8. The van der Waals surface area contributed by atoms with Crippen molar-refractivity contribution >= 4 is 41.4 Å². The summed E-state index contributed by atoms with van der Waals surface area (Å²) >= 11 is 0. The summed E-state index contributed by atoms with van der Waals surface area (Å²) in [6, 6.07) is 24.9. The number of hydrogen-bond acceptors (Lipinski definition) is 12. The molecule has 2 fully saturated rings. The molecule has 7 atom stereocenters. The van der Waals surface area contributed by atoms with Gasteiger partial charge in [-0.25, -0.2) is 0 Å². The number of carbonyl (C=O) groups is 7. The summed E-state index contributed by atoms with van der Waals surface area (Å²) in [6.07, 6.45) is 5.66. The highest BCUT2D eigenvalue weighted by Crippen LogP contribution is 2.28. The second-order valence-electron chi connectivity index (χ2n) is 21.0. The van der Waals surface area contributed by atoms with E-state index in [4.69, 9.17) is 15.2 Å². The van der Waals surface area contributed by atoms with E-state index in [0.717, 1.165) is 52.8 Å². The molecule has 0 radical (unpaired) electrons. The smallest absolute Gasteiger partial charge is 0.251 e. The summed E-state index contributed by atoms with van der Waals surface area (Å²) in [5.74, 6) is -2.47. The predicted octanol–water partition coefficient (Wildman–Crippen LogP) is 5.58. The van der Waals surface area contributed by atoms with Gasteiger partial charge in [0.1, 0.15) is 41.7 Å². The standard InChI is InChI=1S/C62H85N9O10/c1-6-10-11-35-81-49-29-25-46(26-30-49)44-19-17-43(18-20-44)45-21-23-47(24-22-45)57(74)65-39-56(73)66-50(7-2)61(78)70-34-12-13-53(70)59(76)68-52(31-16-42-14-27-48(72)28-15-42)58(75)67-51(8-3)62(79)71-40-41(5)38-54(71)60(77)69-55(9-4)64-33-37-80-36-32-63/h14-15,17-30,41,50-55,64,72H,6-13,16,31-40,63H2,1-5H3,(H,65,74)(H,66,73)(H,67,75)(H,68,76)(H,69,77)/t41-,50?,51?,52?,53?,54?,55?/m1/s1. The van der Waals surface area contributed by atoms with Gasteiger partial charge in [0, 0.05) is 31.7 Å². The molecule has 4 aromatic carbocycles. The topological polar surface area (TPSA) is 263 Å². The van der Waals surface area contributed by atoms with Crippen LogP contribution < -0.4 is 42.4 Å². The predicted molar refractivity (Wildman–Crippen MR) is 312 cm³/mol. The fourth-order valence-electron chi connectivity index (χ4n) is 10.2. The Morgan fingerprint density at radius 3 is 1.89 bits per heavy atom. The third-order valence-electron chi connectivity index (χ3n) is 14.9. The van der Waals surface area contributed by atoms with Crippen molar-refractivity contribution < 1.29 is 48.1 Å². The van der Waals surface area contributed by atoms with Gasteiger partial charge in [0.05, 0.1) is 32.5 Å². The first kappa shape index (κ1) is 62.8. The van der Waals surface area contributed by atoms with Crippen LogP contribution in [-0.2, 0) is 39.9 Å². The van der Waals surface area contributed by atoms with Crippen molar-refractivity contribution in [1.82, 2.24) is 41.7 Å². The number of carbonyl (C=O) groups excluding carboxylic acids is 7. The number of nitrogens with two attached hydrogens (primary N) is 1. The lowest BCUT2D eigenvalue weighted by molar-refractivity contribution is -0.143. The Morgan fingerprint density at radius 2 is 1.27 bits per heavy atom. The molecule has 19 heteroatoms. The Bertz CT molecular complexity index is 2670. The van der Waals surface area contributed by atoms with Crippen LogP contribution in [0.2, 0.25) is 0 Å². The second kappa shape index (κ2) is 32.2. The van der Waals surface area contributed by atoms with E-state index in [0.29, 0.717) is 77.1 Å². The van der Waals surface area contributed by atoms with E-state index in [9.17, 15) is 38.7 Å². The first-order valence-corrected chi connectivity index (χ1v) is 29.0. The molecule has 6 rings (SSSR count). The minimum atomic E-state index is -1.14. The van der Waals surface area contributed by atoms with Gasteiger partial charge < -0.3 is 56.7 Å². The fourth-order valence-corrected chi connectivity index (χ4v) is 10.2. The number of phenols is 1. The van der Waals surface area contributed by atoms with Crippen molar-refractivity contribution in [3.8, 4) is 33.8 Å². The van der Waals surface area contributed by atoms with Crippen LogP contribution in [0.1, 0.15) is 115 Å². The van der Waals surface area contributed by atoms with Crippen LogP contribution in [-0.4, -0.2) is 145 Å². The Hall–Kier alpha value is -7.35. The van der Waals surface area contributed by atoms with E-state index in [1.165, 1.54) is 21.9 Å². The number of unbranched alkanes of at least 4 members (excludes halogenated alkanes) is 2. The third kappa shape index (κ3) is 18.6. The number of benzene rings is 4. The van der Waals surface area contributed by atoms with Crippen molar-refractivity contribution in [3.63, 3.8) is 0 Å². The molecule has 0 spiro atoms. The largest absolute Gasteiger partial charge is 0.508 e. The van der Waals surface area contributed by atoms with Gasteiger partial charge in [-0.15, -0.1) is 0 Å². The number of amides is 7. The first-order valence-electron chi connectivity index (χ1n) is 29.0. The lowest BCUT2D eigenvalue weighted by atomic mass is 9.99. The zero-order valence-electron chi connectivity index (χ0n) is 47.8. The molecule has 19 nitrogen and oxygen atoms in total. The van der Waals surface area contributed by atoms with E-state index in [1.807, 2.05) is 62.4 Å². The van der Waals surface area contributed by atoms with Gasteiger partial charge in [-0.3, -0.25) is 38.9 Å². The van der Waals surface area contributed by atoms with Gasteiger partial charge in [-0.05, 0) is 128 Å². The number of rotatable bonds is 31. The van der Waals surface area contributed by atoms with Crippen LogP contribution >= 0.6 is 0 Å². The maximum Gasteiger partial charge on any atom is 0.251 e. The van der Waals surface area contributed by atoms with Gasteiger partial charge in [0.2, 0.25) is 35.4 Å². The Labute approximate surface area is 477 Å². The van der Waals surface area contributed by atoms with E-state index in [2.05, 4.69) is 51.0 Å². The van der Waals surface area contributed by atoms with Crippen LogP contribution in [0.4, 0.5) is 0 Å². The summed E-state index contributed by atoms with van der Waals surface area (Å²) < 4.78 is 11.3. The molecule has 4 aromatic rings. The molecule has 2 heterocycles. The van der Waals surface area contributed by atoms with E-state index in [-0.39, 0.29) is 49.5 Å². The monoisotopic (exact) mass is 1120 g/mol. The molecule has 2 aliphatic heterocycles. The number of ether oxygens (including phenoxy) is 2. The average Bonchev–Trinajstić information content (AvgIpc) is 4.35. The van der Waals surface area contributed by atoms with Crippen molar-refractivity contribution in [2.45, 2.75) is 142 Å². The summed E-state index contributed by atoms with van der Waals surface area (Å²) in [7, 11) is 0. The van der Waals surface area contributed by atoms with Crippen LogP contribution in [0.5, 0.6) is 11.5 Å². The fraction of sp³-hybridized carbons (Fsp3) is 0.500. The Balaban J connectivity index is 1.03. The van der Waals surface area contributed by atoms with E-state index < -0.39 is 72.2 Å². The minimum Gasteiger partial charge on any atom is -0.508 e. The average molecular weight is 1120 g/mol. The molecule has 81 heavy (non-hydrogen) atoms. The molecule has 0 bridgehead atoms. The number of aromatic hydroxyl groups is 1. The van der Waals surface area contributed by atoms with Crippen molar-refractivity contribution in [1.29, 1.82) is 0 Å². The number of aryl methyl sites for hydroxylation is 1. The van der Waals surface area contributed by atoms with E-state index in [1.54, 1.807) is 38.1 Å². The zero-order valence-corrected chi connectivity index (χ0v) is 47.8. The highest BCUT2D eigenvalue weighted by atomic mass is 16.5. The zero-order chi connectivity index (χ0) is 58.3. The van der Waals surface area contributed by atoms with Crippen molar-refractivity contribution in [2.75, 3.05) is 52.5 Å². The molecule has 6 unspecified atom stereocenters. The molecule has 0 aliphatic carbocycles. The maximum atomic E-state index is 14.3. The van der Waals surface area contributed by atoms with Gasteiger partial charge in [0.25, 0.3) is 5.91 Å². The lowest BCUT2D eigenvalue weighted by Crippen LogP contribution is -2.59. The Kier molecular flexibility index (Phi) is 25.0. The highest BCUT2D eigenvalue weighted by Gasteiger charge is 2.42. The summed E-state index contributed by atoms with van der Waals surface area (Å²) in [5, 5.41) is 27.3. The molecule has 2 saturated heterocycles. The van der Waals surface area contributed by atoms with Gasteiger partial charge >= 0.3 is 0 Å². The minimum absolute atomic E-state index is 0.0220.